The van der Waals surface area contributed by atoms with Crippen LogP contribution in [0.15, 0.2) is 0 Å². The number of rotatable bonds is 4. The lowest BCUT2D eigenvalue weighted by molar-refractivity contribution is 0.00648. The van der Waals surface area contributed by atoms with E-state index in [0.29, 0.717) is 0 Å². The highest BCUT2D eigenvalue weighted by Gasteiger charge is 2.23. The van der Waals surface area contributed by atoms with Gasteiger partial charge >= 0.3 is 6.09 Å². The van der Waals surface area contributed by atoms with Crippen LogP contribution in [0.4, 0.5) is 4.79 Å². The average molecular weight is 233 g/mol. The van der Waals surface area contributed by atoms with Crippen molar-refractivity contribution in [2.45, 2.75) is 52.4 Å². The molecule has 0 aliphatic rings. The van der Waals surface area contributed by atoms with Crippen molar-refractivity contribution in [3.05, 3.63) is 0 Å². The van der Waals surface area contributed by atoms with Gasteiger partial charge < -0.3 is 19.8 Å². The summed E-state index contributed by atoms with van der Waals surface area (Å²) in [5.74, 6) is 0. The highest BCUT2D eigenvalue weighted by atomic mass is 16.6. The average Bonchev–Trinajstić information content (AvgIpc) is 1.97. The van der Waals surface area contributed by atoms with Crippen LogP contribution in [0.5, 0.6) is 0 Å². The molecule has 5 nitrogen and oxygen atoms in total. The molecule has 2 N–H and O–H groups in total. The maximum Gasteiger partial charge on any atom is 0.410 e. The van der Waals surface area contributed by atoms with Crippen molar-refractivity contribution in [1.82, 2.24) is 4.90 Å². The second kappa shape index (κ2) is 6.06. The van der Waals surface area contributed by atoms with Crippen LogP contribution in [-0.4, -0.2) is 52.1 Å². The second-order valence-corrected chi connectivity index (χ2v) is 5.08. The zero-order valence-electron chi connectivity index (χ0n) is 10.7. The topological polar surface area (TPSA) is 70.0 Å². The van der Waals surface area contributed by atoms with Gasteiger partial charge in [-0.05, 0) is 34.6 Å². The summed E-state index contributed by atoms with van der Waals surface area (Å²) in [5, 5.41) is 18.5. The zero-order chi connectivity index (χ0) is 12.9. The van der Waals surface area contributed by atoms with Crippen LogP contribution < -0.4 is 0 Å². The molecule has 0 aliphatic heterocycles. The van der Waals surface area contributed by atoms with Gasteiger partial charge in [-0.2, -0.15) is 0 Å². The largest absolute Gasteiger partial charge is 0.444 e. The van der Waals surface area contributed by atoms with Gasteiger partial charge in [-0.1, -0.05) is 0 Å². The molecule has 0 saturated carbocycles. The quantitative estimate of drug-likeness (QED) is 0.759. The third kappa shape index (κ3) is 7.48. The van der Waals surface area contributed by atoms with Gasteiger partial charge in [0.25, 0.3) is 0 Å². The molecule has 0 rings (SSSR count). The van der Waals surface area contributed by atoms with Gasteiger partial charge in [-0.15, -0.1) is 0 Å². The Balaban J connectivity index is 4.44. The van der Waals surface area contributed by atoms with Crippen molar-refractivity contribution in [2.24, 2.45) is 0 Å². The number of aliphatic hydroxyl groups is 2. The van der Waals surface area contributed by atoms with Crippen LogP contribution in [0.1, 0.15) is 34.6 Å². The monoisotopic (exact) mass is 233 g/mol. The predicted octanol–water partition coefficient (Wildman–Crippen LogP) is 0.985. The van der Waals surface area contributed by atoms with Crippen LogP contribution in [0, 0.1) is 0 Å². The Kier molecular flexibility index (Phi) is 5.75. The first-order valence-electron chi connectivity index (χ1n) is 5.46. The molecule has 0 bridgehead atoms. The highest BCUT2D eigenvalue weighted by molar-refractivity contribution is 5.68. The molecule has 5 heteroatoms. The first-order chi connectivity index (χ1) is 7.11. The Bertz CT molecular complexity index is 211. The van der Waals surface area contributed by atoms with Gasteiger partial charge in [0.05, 0.1) is 12.2 Å². The van der Waals surface area contributed by atoms with Gasteiger partial charge in [-0.25, -0.2) is 4.79 Å². The third-order valence-electron chi connectivity index (χ3n) is 1.62. The molecular formula is C11H23NO4. The molecule has 1 amide bonds. The normalized spacial score (nSPS) is 15.4. The van der Waals surface area contributed by atoms with Crippen molar-refractivity contribution in [3.63, 3.8) is 0 Å². The van der Waals surface area contributed by atoms with Crippen molar-refractivity contribution in [3.8, 4) is 0 Å². The van der Waals surface area contributed by atoms with Gasteiger partial charge in [0, 0.05) is 13.1 Å². The van der Waals surface area contributed by atoms with Crippen LogP contribution >= 0.6 is 0 Å². The molecule has 0 radical (unpaired) electrons. The molecule has 0 heterocycles. The van der Waals surface area contributed by atoms with E-state index in [9.17, 15) is 15.0 Å². The number of carbonyl (C=O) groups is 1. The first-order valence-corrected chi connectivity index (χ1v) is 5.46. The van der Waals surface area contributed by atoms with Gasteiger partial charge in [0.15, 0.2) is 0 Å². The van der Waals surface area contributed by atoms with Crippen LogP contribution in [0.25, 0.3) is 0 Å². The van der Waals surface area contributed by atoms with E-state index in [1.54, 1.807) is 34.6 Å². The number of carbonyl (C=O) groups excluding carboxylic acids is 1. The Labute approximate surface area is 97.0 Å². The van der Waals surface area contributed by atoms with Crippen molar-refractivity contribution < 1.29 is 19.7 Å². The Morgan fingerprint density at radius 1 is 1.19 bits per heavy atom. The number of nitrogens with zero attached hydrogens (tertiary/aromatic N) is 1. The fourth-order valence-corrected chi connectivity index (χ4v) is 1.19. The number of aliphatic hydroxyl groups excluding tert-OH is 2. The summed E-state index contributed by atoms with van der Waals surface area (Å²) in [6, 6.07) is 0. The second-order valence-electron chi connectivity index (χ2n) is 5.08. The first kappa shape index (κ1) is 15.2. The minimum atomic E-state index is -0.647. The molecule has 0 aromatic rings. The summed E-state index contributed by atoms with van der Waals surface area (Å²) in [4.78, 5) is 13.0. The summed E-state index contributed by atoms with van der Waals surface area (Å²) in [7, 11) is 0. The molecule has 0 saturated heterocycles. The van der Waals surface area contributed by atoms with E-state index >= 15 is 0 Å². The molecule has 2 unspecified atom stereocenters. The molecule has 0 aromatic carbocycles. The predicted molar refractivity (Wildman–Crippen MR) is 61.2 cm³/mol. The van der Waals surface area contributed by atoms with E-state index in [2.05, 4.69) is 0 Å². The van der Waals surface area contributed by atoms with E-state index < -0.39 is 23.9 Å². The summed E-state index contributed by atoms with van der Waals surface area (Å²) < 4.78 is 5.17. The standard InChI is InChI=1S/C11H23NO4/c1-8(13)6-12(7-9(2)14)10(15)16-11(3,4)5/h8-9,13-14H,6-7H2,1-5H3. The minimum Gasteiger partial charge on any atom is -0.444 e. The summed E-state index contributed by atoms with van der Waals surface area (Å²) in [6.45, 7) is 8.79. The molecule has 0 aliphatic carbocycles. The SMILES string of the molecule is CC(O)CN(CC(C)O)C(=O)OC(C)(C)C. The number of hydrogen-bond acceptors (Lipinski definition) is 4. The van der Waals surface area contributed by atoms with Crippen LogP contribution in [0.3, 0.4) is 0 Å². The lowest BCUT2D eigenvalue weighted by atomic mass is 10.2. The van der Waals surface area contributed by atoms with E-state index in [1.807, 2.05) is 0 Å². The van der Waals surface area contributed by atoms with Crippen LogP contribution in [0.2, 0.25) is 0 Å². The molecule has 96 valence electrons. The number of amides is 1. The van der Waals surface area contributed by atoms with Gasteiger partial charge in [-0.3, -0.25) is 0 Å². The molecular weight excluding hydrogens is 210 g/mol. The van der Waals surface area contributed by atoms with E-state index in [0.717, 1.165) is 0 Å². The summed E-state index contributed by atoms with van der Waals surface area (Å²) in [6.07, 6.45) is -1.81. The number of hydrogen-bond donors (Lipinski definition) is 2. The van der Waals surface area contributed by atoms with Gasteiger partial charge in [0.2, 0.25) is 0 Å². The number of ether oxygens (including phenoxy) is 1. The van der Waals surface area contributed by atoms with E-state index in [1.165, 1.54) is 4.90 Å². The Morgan fingerprint density at radius 2 is 1.56 bits per heavy atom. The molecule has 2 atom stereocenters. The van der Waals surface area contributed by atoms with Gasteiger partial charge in [0.1, 0.15) is 5.60 Å². The summed E-state index contributed by atoms with van der Waals surface area (Å²) >= 11 is 0. The lowest BCUT2D eigenvalue weighted by Gasteiger charge is -2.28. The van der Waals surface area contributed by atoms with Crippen molar-refractivity contribution in [1.29, 1.82) is 0 Å². The van der Waals surface area contributed by atoms with Crippen molar-refractivity contribution >= 4 is 6.09 Å². The highest BCUT2D eigenvalue weighted by Crippen LogP contribution is 2.10. The van der Waals surface area contributed by atoms with E-state index in [-0.39, 0.29) is 13.1 Å². The Morgan fingerprint density at radius 3 is 1.81 bits per heavy atom. The van der Waals surface area contributed by atoms with E-state index in [4.69, 9.17) is 4.74 Å². The molecule has 0 aromatic heterocycles. The molecule has 0 spiro atoms. The smallest absolute Gasteiger partial charge is 0.410 e. The van der Waals surface area contributed by atoms with Crippen molar-refractivity contribution in [2.75, 3.05) is 13.1 Å². The molecule has 0 fully saturated rings. The maximum absolute atomic E-state index is 11.7. The van der Waals surface area contributed by atoms with Crippen LogP contribution in [-0.2, 0) is 4.74 Å². The summed E-state index contributed by atoms with van der Waals surface area (Å²) in [5.41, 5.74) is -0.577. The zero-order valence-corrected chi connectivity index (χ0v) is 10.7. The molecule has 16 heavy (non-hydrogen) atoms. The fraction of sp³-hybridized carbons (Fsp3) is 0.909. The maximum atomic E-state index is 11.7. The lowest BCUT2D eigenvalue weighted by Crippen LogP contribution is -2.43. The fourth-order valence-electron chi connectivity index (χ4n) is 1.19. The minimum absolute atomic E-state index is 0.153. The Hall–Kier alpha value is -0.810. The third-order valence-corrected chi connectivity index (χ3v) is 1.62.